The van der Waals surface area contributed by atoms with Crippen molar-refractivity contribution in [3.8, 4) is 9.88 Å². The molecule has 1 fully saturated rings. The molecule has 0 radical (unpaired) electrons. The summed E-state index contributed by atoms with van der Waals surface area (Å²) >= 11 is 3.16. The molecular weight excluding hydrogens is 350 g/mol. The molecule has 3 heterocycles. The van der Waals surface area contributed by atoms with E-state index in [1.807, 2.05) is 29.0 Å². The van der Waals surface area contributed by atoms with Gasteiger partial charge in [-0.25, -0.2) is 4.98 Å². The van der Waals surface area contributed by atoms with Crippen LogP contribution >= 0.6 is 22.7 Å². The smallest absolute Gasteiger partial charge is 0.271 e. The zero-order valence-corrected chi connectivity index (χ0v) is 15.5. The number of likely N-dealkylation sites (tertiary alicyclic amines) is 1. The first-order valence-corrected chi connectivity index (χ1v) is 10.0. The third kappa shape index (κ3) is 3.51. The van der Waals surface area contributed by atoms with E-state index in [0.717, 1.165) is 23.0 Å². The van der Waals surface area contributed by atoms with Crippen LogP contribution in [0.5, 0.6) is 0 Å². The summed E-state index contributed by atoms with van der Waals surface area (Å²) in [6.45, 7) is 1.81. The Hall–Kier alpha value is -2.02. The molecule has 2 atom stereocenters. The van der Waals surface area contributed by atoms with E-state index in [2.05, 4.69) is 46.5 Å². The Bertz CT molecular complexity index is 845. The van der Waals surface area contributed by atoms with E-state index in [1.54, 1.807) is 11.3 Å². The van der Waals surface area contributed by atoms with Gasteiger partial charge in [-0.15, -0.1) is 22.7 Å². The highest BCUT2D eigenvalue weighted by Gasteiger charge is 2.33. The molecule has 2 aromatic heterocycles. The maximum absolute atomic E-state index is 12.7. The number of amides is 1. The fourth-order valence-corrected chi connectivity index (χ4v) is 4.93. The molecule has 6 heteroatoms. The van der Waals surface area contributed by atoms with Crippen LogP contribution in [0.3, 0.4) is 0 Å². The molecule has 0 aliphatic carbocycles. The van der Waals surface area contributed by atoms with Crippen molar-refractivity contribution in [1.82, 2.24) is 15.2 Å². The van der Waals surface area contributed by atoms with Gasteiger partial charge in [-0.3, -0.25) is 4.79 Å². The lowest BCUT2D eigenvalue weighted by molar-refractivity contribution is 0.0931. The quantitative estimate of drug-likeness (QED) is 0.763. The van der Waals surface area contributed by atoms with Gasteiger partial charge in [-0.1, -0.05) is 36.4 Å². The molecule has 1 N–H and O–H groups in total. The maximum Gasteiger partial charge on any atom is 0.271 e. The van der Waals surface area contributed by atoms with Crippen LogP contribution in [0.4, 0.5) is 0 Å². The largest absolute Gasteiger partial charge is 0.346 e. The molecule has 25 heavy (non-hydrogen) atoms. The van der Waals surface area contributed by atoms with Crippen LogP contribution in [0.25, 0.3) is 9.88 Å². The van der Waals surface area contributed by atoms with Crippen LogP contribution in [-0.2, 0) is 0 Å². The van der Waals surface area contributed by atoms with Crippen molar-refractivity contribution in [2.75, 3.05) is 20.1 Å². The number of carbonyl (C=O) groups excluding carboxylic acids is 1. The molecule has 0 unspecified atom stereocenters. The van der Waals surface area contributed by atoms with Crippen LogP contribution in [0.1, 0.15) is 22.0 Å². The fraction of sp³-hybridized carbons (Fsp3) is 0.263. The molecule has 128 valence electrons. The Labute approximate surface area is 155 Å². The number of likely N-dealkylation sites (N-methyl/N-ethyl adjacent to an activating group) is 1. The first-order valence-electron chi connectivity index (χ1n) is 8.24. The number of benzene rings is 1. The van der Waals surface area contributed by atoms with Crippen LogP contribution < -0.4 is 5.32 Å². The lowest BCUT2D eigenvalue weighted by Crippen LogP contribution is -2.39. The minimum Gasteiger partial charge on any atom is -0.346 e. The highest BCUT2D eigenvalue weighted by molar-refractivity contribution is 7.20. The minimum absolute atomic E-state index is 0.0831. The van der Waals surface area contributed by atoms with Crippen LogP contribution in [0.2, 0.25) is 0 Å². The Morgan fingerprint density at radius 2 is 2.00 bits per heavy atom. The second-order valence-electron chi connectivity index (χ2n) is 6.33. The molecule has 1 aromatic carbocycles. The Balaban J connectivity index is 1.50. The highest BCUT2D eigenvalue weighted by atomic mass is 32.1. The summed E-state index contributed by atoms with van der Waals surface area (Å²) in [6, 6.07) is 14.5. The maximum atomic E-state index is 12.7. The molecule has 4 rings (SSSR count). The molecule has 0 saturated carbocycles. The zero-order chi connectivity index (χ0) is 17.2. The van der Waals surface area contributed by atoms with E-state index >= 15 is 0 Å². The van der Waals surface area contributed by atoms with Gasteiger partial charge in [0.1, 0.15) is 10.7 Å². The van der Waals surface area contributed by atoms with Gasteiger partial charge >= 0.3 is 0 Å². The van der Waals surface area contributed by atoms with Crippen LogP contribution in [-0.4, -0.2) is 42.0 Å². The summed E-state index contributed by atoms with van der Waals surface area (Å²) in [6.07, 6.45) is 0. The SMILES string of the molecule is CN1C[C@@H](NC(=O)c2csc(-c3cccs3)n2)[C@H](c2ccccc2)C1. The first kappa shape index (κ1) is 16.4. The van der Waals surface area contributed by atoms with Gasteiger partial charge in [0.25, 0.3) is 5.91 Å². The minimum atomic E-state index is -0.0831. The second-order valence-corrected chi connectivity index (χ2v) is 8.14. The number of nitrogens with one attached hydrogen (secondary N) is 1. The molecular formula is C19H19N3OS2. The molecule has 0 bridgehead atoms. The van der Waals surface area contributed by atoms with Crippen molar-refractivity contribution in [2.24, 2.45) is 0 Å². The fourth-order valence-electron chi connectivity index (χ4n) is 3.32. The lowest BCUT2D eigenvalue weighted by atomic mass is 9.94. The summed E-state index contributed by atoms with van der Waals surface area (Å²) in [7, 11) is 2.10. The van der Waals surface area contributed by atoms with E-state index in [4.69, 9.17) is 0 Å². The van der Waals surface area contributed by atoms with E-state index in [9.17, 15) is 4.79 Å². The van der Waals surface area contributed by atoms with E-state index in [-0.39, 0.29) is 11.9 Å². The topological polar surface area (TPSA) is 45.2 Å². The van der Waals surface area contributed by atoms with Crippen molar-refractivity contribution < 1.29 is 4.79 Å². The molecule has 3 aromatic rings. The van der Waals surface area contributed by atoms with E-state index < -0.39 is 0 Å². The normalized spacial score (nSPS) is 20.7. The zero-order valence-electron chi connectivity index (χ0n) is 13.9. The summed E-state index contributed by atoms with van der Waals surface area (Å²) in [5, 5.41) is 7.98. The Kier molecular flexibility index (Phi) is 4.65. The van der Waals surface area contributed by atoms with Crippen molar-refractivity contribution >= 4 is 28.6 Å². The van der Waals surface area contributed by atoms with Gasteiger partial charge in [0.15, 0.2) is 0 Å². The number of hydrogen-bond donors (Lipinski definition) is 1. The summed E-state index contributed by atoms with van der Waals surface area (Å²) < 4.78 is 0. The molecule has 1 amide bonds. The number of hydrogen-bond acceptors (Lipinski definition) is 5. The standard InChI is InChI=1S/C19H19N3OS2/c1-22-10-14(13-6-3-2-4-7-13)15(11-22)20-18(23)16-12-25-19(21-16)17-8-5-9-24-17/h2-9,12,14-15H,10-11H2,1H3,(H,20,23)/t14-,15+/m0/s1. The van der Waals surface area contributed by atoms with E-state index in [1.165, 1.54) is 16.9 Å². The monoisotopic (exact) mass is 369 g/mol. The molecule has 1 aliphatic rings. The Morgan fingerprint density at radius 1 is 1.16 bits per heavy atom. The Morgan fingerprint density at radius 3 is 2.76 bits per heavy atom. The summed E-state index contributed by atoms with van der Waals surface area (Å²) in [5.41, 5.74) is 1.78. The molecule has 1 aliphatic heterocycles. The molecule has 1 saturated heterocycles. The average Bonchev–Trinajstić information content (AvgIpc) is 3.36. The van der Waals surface area contributed by atoms with Crippen LogP contribution in [0.15, 0.2) is 53.2 Å². The molecule has 4 nitrogen and oxygen atoms in total. The van der Waals surface area contributed by atoms with Gasteiger partial charge < -0.3 is 10.2 Å². The third-order valence-corrected chi connectivity index (χ3v) is 6.40. The number of nitrogens with zero attached hydrogens (tertiary/aromatic N) is 2. The van der Waals surface area contributed by atoms with Gasteiger partial charge in [-0.05, 0) is 24.1 Å². The average molecular weight is 370 g/mol. The number of thiazole rings is 1. The number of aromatic nitrogens is 1. The van der Waals surface area contributed by atoms with Crippen molar-refractivity contribution in [3.63, 3.8) is 0 Å². The number of rotatable bonds is 4. The number of thiophene rings is 1. The predicted molar refractivity (Wildman–Crippen MR) is 103 cm³/mol. The van der Waals surface area contributed by atoms with Crippen molar-refractivity contribution in [1.29, 1.82) is 0 Å². The van der Waals surface area contributed by atoms with Gasteiger partial charge in [-0.2, -0.15) is 0 Å². The second kappa shape index (κ2) is 7.07. The van der Waals surface area contributed by atoms with Crippen molar-refractivity contribution in [3.05, 3.63) is 64.5 Å². The molecule has 0 spiro atoms. The lowest BCUT2D eigenvalue weighted by Gasteiger charge is -2.19. The van der Waals surface area contributed by atoms with Gasteiger partial charge in [0.2, 0.25) is 0 Å². The highest BCUT2D eigenvalue weighted by Crippen LogP contribution is 2.29. The van der Waals surface area contributed by atoms with E-state index in [0.29, 0.717) is 11.6 Å². The first-order chi connectivity index (χ1) is 12.2. The summed E-state index contributed by atoms with van der Waals surface area (Å²) in [5.74, 6) is 0.228. The van der Waals surface area contributed by atoms with Crippen LogP contribution in [0, 0.1) is 0 Å². The third-order valence-electron chi connectivity index (χ3n) is 4.52. The predicted octanol–water partition coefficient (Wildman–Crippen LogP) is 3.70. The number of carbonyl (C=O) groups is 1. The summed E-state index contributed by atoms with van der Waals surface area (Å²) in [4.78, 5) is 20.6. The van der Waals surface area contributed by atoms with Gasteiger partial charge in [0.05, 0.1) is 4.88 Å². The van der Waals surface area contributed by atoms with Gasteiger partial charge in [0, 0.05) is 30.4 Å². The van der Waals surface area contributed by atoms with Crippen molar-refractivity contribution in [2.45, 2.75) is 12.0 Å².